The quantitative estimate of drug-likeness (QED) is 0.880. The van der Waals surface area contributed by atoms with Crippen LogP contribution in [-0.2, 0) is 6.18 Å². The molecule has 0 spiro atoms. The zero-order valence-electron chi connectivity index (χ0n) is 8.97. The smallest absolute Gasteiger partial charge is 0.396 e. The molecule has 0 saturated heterocycles. The van der Waals surface area contributed by atoms with Gasteiger partial charge < -0.3 is 10.8 Å². The first kappa shape index (κ1) is 14.3. The van der Waals surface area contributed by atoms with Crippen molar-refractivity contribution in [3.8, 4) is 0 Å². The molecule has 0 aromatic heterocycles. The topological polar surface area (TPSA) is 46.2 Å². The predicted octanol–water partition coefficient (Wildman–Crippen LogP) is 3.13. The van der Waals surface area contributed by atoms with Crippen molar-refractivity contribution in [1.82, 2.24) is 0 Å². The van der Waals surface area contributed by atoms with Crippen molar-refractivity contribution in [3.63, 3.8) is 0 Å². The summed E-state index contributed by atoms with van der Waals surface area (Å²) in [6, 6.07) is 2.78. The van der Waals surface area contributed by atoms with Crippen molar-refractivity contribution in [2.24, 2.45) is 5.73 Å². The van der Waals surface area contributed by atoms with Crippen LogP contribution in [0.25, 0.3) is 0 Å². The van der Waals surface area contributed by atoms with Gasteiger partial charge in [0, 0.05) is 17.7 Å². The second-order valence-electron chi connectivity index (χ2n) is 3.70. The van der Waals surface area contributed by atoms with Gasteiger partial charge in [-0.3, -0.25) is 0 Å². The first-order chi connectivity index (χ1) is 7.86. The van der Waals surface area contributed by atoms with E-state index in [1.807, 2.05) is 0 Å². The highest BCUT2D eigenvalue weighted by molar-refractivity contribution is 6.30. The number of alkyl halides is 3. The van der Waals surface area contributed by atoms with Gasteiger partial charge in [-0.1, -0.05) is 17.7 Å². The van der Waals surface area contributed by atoms with E-state index in [4.69, 9.17) is 22.4 Å². The summed E-state index contributed by atoms with van der Waals surface area (Å²) < 4.78 is 38.2. The predicted molar refractivity (Wildman–Crippen MR) is 59.7 cm³/mol. The van der Waals surface area contributed by atoms with Gasteiger partial charge in [-0.05, 0) is 30.5 Å². The third-order valence-electron chi connectivity index (χ3n) is 2.39. The number of nitrogens with two attached hydrogens (primary N) is 1. The number of rotatable bonds is 4. The molecule has 96 valence electrons. The maximum atomic E-state index is 12.7. The Kier molecular flexibility index (Phi) is 4.80. The van der Waals surface area contributed by atoms with Gasteiger partial charge in [-0.25, -0.2) is 0 Å². The van der Waals surface area contributed by atoms with Gasteiger partial charge in [0.2, 0.25) is 0 Å². The summed E-state index contributed by atoms with van der Waals surface area (Å²) in [7, 11) is 0. The third kappa shape index (κ3) is 3.87. The van der Waals surface area contributed by atoms with Gasteiger partial charge in [0.25, 0.3) is 0 Å². The monoisotopic (exact) mass is 267 g/mol. The van der Waals surface area contributed by atoms with Gasteiger partial charge in [0.05, 0.1) is 5.56 Å². The van der Waals surface area contributed by atoms with Crippen molar-refractivity contribution in [3.05, 3.63) is 34.3 Å². The van der Waals surface area contributed by atoms with Gasteiger partial charge >= 0.3 is 6.18 Å². The van der Waals surface area contributed by atoms with Crippen LogP contribution in [0.4, 0.5) is 13.2 Å². The van der Waals surface area contributed by atoms with Crippen LogP contribution in [0.5, 0.6) is 0 Å². The van der Waals surface area contributed by atoms with E-state index in [0.29, 0.717) is 12.8 Å². The van der Waals surface area contributed by atoms with Crippen LogP contribution < -0.4 is 5.73 Å². The van der Waals surface area contributed by atoms with E-state index in [-0.39, 0.29) is 17.2 Å². The Hall–Kier alpha value is -0.780. The Balaban J connectivity index is 3.06. The molecule has 0 heterocycles. The van der Waals surface area contributed by atoms with E-state index in [2.05, 4.69) is 0 Å². The fourth-order valence-electron chi connectivity index (χ4n) is 1.56. The molecule has 2 nitrogen and oxygen atoms in total. The average molecular weight is 268 g/mol. The van der Waals surface area contributed by atoms with Crippen LogP contribution in [0.3, 0.4) is 0 Å². The molecule has 17 heavy (non-hydrogen) atoms. The lowest BCUT2D eigenvalue weighted by atomic mass is 9.97. The summed E-state index contributed by atoms with van der Waals surface area (Å²) in [5, 5.41) is 8.66. The Labute approximate surface area is 102 Å². The van der Waals surface area contributed by atoms with E-state index in [9.17, 15) is 13.2 Å². The molecule has 0 fully saturated rings. The fraction of sp³-hybridized carbons (Fsp3) is 0.455. The van der Waals surface area contributed by atoms with Crippen molar-refractivity contribution in [1.29, 1.82) is 0 Å². The molecular weight excluding hydrogens is 255 g/mol. The molecule has 1 atom stereocenters. The minimum atomic E-state index is -4.48. The highest BCUT2D eigenvalue weighted by atomic mass is 35.5. The van der Waals surface area contributed by atoms with E-state index in [1.54, 1.807) is 0 Å². The number of aliphatic hydroxyl groups excluding tert-OH is 1. The number of hydrogen-bond donors (Lipinski definition) is 2. The summed E-state index contributed by atoms with van der Waals surface area (Å²) in [5.41, 5.74) is 4.87. The van der Waals surface area contributed by atoms with E-state index < -0.39 is 17.8 Å². The van der Waals surface area contributed by atoms with Gasteiger partial charge in [0.1, 0.15) is 0 Å². The van der Waals surface area contributed by atoms with Crippen LogP contribution >= 0.6 is 11.6 Å². The lowest BCUT2D eigenvalue weighted by Crippen LogP contribution is -2.17. The molecule has 1 aromatic rings. The Morgan fingerprint density at radius 3 is 2.53 bits per heavy atom. The second kappa shape index (κ2) is 5.71. The molecule has 1 aromatic carbocycles. The zero-order valence-corrected chi connectivity index (χ0v) is 9.72. The molecular formula is C11H13ClF3NO. The van der Waals surface area contributed by atoms with Crippen LogP contribution in [0.15, 0.2) is 18.2 Å². The Morgan fingerprint density at radius 2 is 2.00 bits per heavy atom. The van der Waals surface area contributed by atoms with Crippen molar-refractivity contribution < 1.29 is 18.3 Å². The van der Waals surface area contributed by atoms with Crippen LogP contribution in [0.2, 0.25) is 5.02 Å². The highest BCUT2D eigenvalue weighted by Crippen LogP contribution is 2.36. The maximum Gasteiger partial charge on any atom is 0.416 e. The van der Waals surface area contributed by atoms with E-state index >= 15 is 0 Å². The number of hydrogen-bond acceptors (Lipinski definition) is 2. The summed E-state index contributed by atoms with van der Waals surface area (Å²) in [6.07, 6.45) is -3.82. The van der Waals surface area contributed by atoms with Gasteiger partial charge in [0.15, 0.2) is 0 Å². The summed E-state index contributed by atoms with van der Waals surface area (Å²) in [5.74, 6) is 0. The first-order valence-electron chi connectivity index (χ1n) is 5.09. The summed E-state index contributed by atoms with van der Waals surface area (Å²) >= 11 is 5.55. The zero-order chi connectivity index (χ0) is 13.1. The number of aliphatic hydroxyl groups is 1. The summed E-state index contributed by atoms with van der Waals surface area (Å²) in [4.78, 5) is 0. The maximum absolute atomic E-state index is 12.7. The molecule has 0 amide bonds. The summed E-state index contributed by atoms with van der Waals surface area (Å²) in [6.45, 7) is -0.0946. The minimum absolute atomic E-state index is 0.00958. The van der Waals surface area contributed by atoms with E-state index in [1.165, 1.54) is 12.1 Å². The van der Waals surface area contributed by atoms with Crippen LogP contribution in [0, 0.1) is 0 Å². The molecule has 1 rings (SSSR count). The molecule has 0 radical (unpaired) electrons. The normalized spacial score (nSPS) is 13.8. The van der Waals surface area contributed by atoms with E-state index in [0.717, 1.165) is 6.07 Å². The molecule has 0 bridgehead atoms. The fourth-order valence-corrected chi connectivity index (χ4v) is 1.74. The molecule has 0 aliphatic rings. The van der Waals surface area contributed by atoms with Crippen molar-refractivity contribution in [2.75, 3.05) is 6.61 Å². The van der Waals surface area contributed by atoms with Crippen LogP contribution in [-0.4, -0.2) is 11.7 Å². The number of benzene rings is 1. The Bertz CT molecular complexity index is 381. The van der Waals surface area contributed by atoms with Crippen LogP contribution in [0.1, 0.15) is 30.0 Å². The lowest BCUT2D eigenvalue weighted by Gasteiger charge is -2.18. The Morgan fingerprint density at radius 1 is 1.35 bits per heavy atom. The minimum Gasteiger partial charge on any atom is -0.396 e. The lowest BCUT2D eigenvalue weighted by molar-refractivity contribution is -0.138. The molecule has 0 aliphatic carbocycles. The van der Waals surface area contributed by atoms with Gasteiger partial charge in [-0.2, -0.15) is 13.2 Å². The largest absolute Gasteiger partial charge is 0.416 e. The number of halogens is 4. The standard InChI is InChI=1S/C11H13ClF3NO/c12-7-3-4-8(10(16)2-1-5-17)9(6-7)11(13,14)15/h3-4,6,10,17H,1-2,5,16H2/t10-/m1/s1. The molecule has 3 N–H and O–H groups in total. The van der Waals surface area contributed by atoms with Crippen molar-refractivity contribution in [2.45, 2.75) is 25.1 Å². The SMILES string of the molecule is N[C@H](CCCO)c1ccc(Cl)cc1C(F)(F)F. The molecule has 0 saturated carbocycles. The molecule has 6 heteroatoms. The third-order valence-corrected chi connectivity index (χ3v) is 2.63. The molecule has 0 unspecified atom stereocenters. The first-order valence-corrected chi connectivity index (χ1v) is 5.47. The van der Waals surface area contributed by atoms with Gasteiger partial charge in [-0.15, -0.1) is 0 Å². The highest BCUT2D eigenvalue weighted by Gasteiger charge is 2.34. The second-order valence-corrected chi connectivity index (χ2v) is 4.14. The average Bonchev–Trinajstić information content (AvgIpc) is 2.24. The molecule has 0 aliphatic heterocycles. The van der Waals surface area contributed by atoms with Crippen molar-refractivity contribution >= 4 is 11.6 Å².